The number of fused-ring (bicyclic) bond motifs is 1. The molecule has 2 rings (SSSR count). The summed E-state index contributed by atoms with van der Waals surface area (Å²) in [6.07, 6.45) is -4.55. The molecule has 1 aliphatic rings. The molecular formula is C12H12F3NO2S. The molecule has 0 amide bonds. The number of hydrogen-bond acceptors (Lipinski definition) is 3. The molecule has 1 N–H and O–H groups in total. The van der Waals surface area contributed by atoms with Crippen LogP contribution in [0.1, 0.15) is 18.1 Å². The van der Waals surface area contributed by atoms with Crippen LogP contribution >= 0.6 is 0 Å². The molecule has 0 saturated heterocycles. The normalized spacial score (nSPS) is 18.9. The van der Waals surface area contributed by atoms with E-state index in [0.29, 0.717) is 17.2 Å². The summed E-state index contributed by atoms with van der Waals surface area (Å²) in [7, 11) is -2.14. The van der Waals surface area contributed by atoms with Gasteiger partial charge in [-0.15, -0.1) is 0 Å². The van der Waals surface area contributed by atoms with E-state index in [2.05, 4.69) is 5.32 Å². The van der Waals surface area contributed by atoms with Gasteiger partial charge >= 0.3 is 6.18 Å². The SMILES string of the molecule is CNC(C)C1=CS(=O)(=O)c2cc(C(F)(F)F)ccc21. The van der Waals surface area contributed by atoms with Crippen LogP contribution in [-0.4, -0.2) is 21.5 Å². The monoisotopic (exact) mass is 291 g/mol. The highest BCUT2D eigenvalue weighted by Gasteiger charge is 2.35. The minimum Gasteiger partial charge on any atom is -0.313 e. The van der Waals surface area contributed by atoms with Gasteiger partial charge in [-0.05, 0) is 37.2 Å². The summed E-state index contributed by atoms with van der Waals surface area (Å²) in [5.74, 6) is 0. The fourth-order valence-electron chi connectivity index (χ4n) is 1.96. The third-order valence-corrected chi connectivity index (χ3v) is 4.62. The van der Waals surface area contributed by atoms with Crippen molar-refractivity contribution in [3.8, 4) is 0 Å². The van der Waals surface area contributed by atoms with Crippen molar-refractivity contribution in [2.24, 2.45) is 0 Å². The predicted octanol–water partition coefficient (Wildman–Crippen LogP) is 2.44. The van der Waals surface area contributed by atoms with E-state index in [1.807, 2.05) is 0 Å². The van der Waals surface area contributed by atoms with Crippen molar-refractivity contribution in [3.63, 3.8) is 0 Å². The lowest BCUT2D eigenvalue weighted by molar-refractivity contribution is -0.137. The Labute approximate surface area is 109 Å². The van der Waals surface area contributed by atoms with Gasteiger partial charge in [0, 0.05) is 11.4 Å². The lowest BCUT2D eigenvalue weighted by Gasteiger charge is -2.13. The van der Waals surface area contributed by atoms with E-state index in [1.165, 1.54) is 6.07 Å². The zero-order valence-electron chi connectivity index (χ0n) is 10.2. The van der Waals surface area contributed by atoms with Crippen molar-refractivity contribution in [2.75, 3.05) is 7.05 Å². The Balaban J connectivity index is 2.62. The Kier molecular flexibility index (Phi) is 3.22. The number of benzene rings is 1. The second-order valence-corrected chi connectivity index (χ2v) is 6.10. The average molecular weight is 291 g/mol. The Hall–Kier alpha value is -1.34. The number of likely N-dealkylation sites (N-methyl/N-ethyl adjacent to an activating group) is 1. The Morgan fingerprint density at radius 3 is 2.42 bits per heavy atom. The second kappa shape index (κ2) is 4.35. The van der Waals surface area contributed by atoms with E-state index < -0.39 is 21.6 Å². The zero-order valence-corrected chi connectivity index (χ0v) is 11.1. The van der Waals surface area contributed by atoms with Crippen molar-refractivity contribution in [3.05, 3.63) is 34.7 Å². The molecule has 1 atom stereocenters. The third kappa shape index (κ3) is 2.40. The maximum absolute atomic E-state index is 12.6. The van der Waals surface area contributed by atoms with Crippen molar-refractivity contribution in [1.82, 2.24) is 5.32 Å². The first kappa shape index (κ1) is 14.1. The third-order valence-electron chi connectivity index (χ3n) is 3.11. The molecule has 19 heavy (non-hydrogen) atoms. The molecule has 0 fully saturated rings. The minimum atomic E-state index is -4.55. The number of alkyl halides is 3. The first-order valence-electron chi connectivity index (χ1n) is 5.52. The van der Waals surface area contributed by atoms with Gasteiger partial charge in [0.1, 0.15) is 0 Å². The summed E-state index contributed by atoms with van der Waals surface area (Å²) in [5.41, 5.74) is -0.150. The minimum absolute atomic E-state index is 0.257. The molecule has 1 aromatic rings. The van der Waals surface area contributed by atoms with Crippen LogP contribution < -0.4 is 5.32 Å². The molecule has 1 aliphatic heterocycles. The zero-order chi connectivity index (χ0) is 14.4. The summed E-state index contributed by atoms with van der Waals surface area (Å²) in [6.45, 7) is 1.74. The van der Waals surface area contributed by atoms with Crippen LogP contribution in [0.2, 0.25) is 0 Å². The highest BCUT2D eigenvalue weighted by atomic mass is 32.2. The molecule has 0 aliphatic carbocycles. The van der Waals surface area contributed by atoms with E-state index in [-0.39, 0.29) is 10.9 Å². The lowest BCUT2D eigenvalue weighted by Crippen LogP contribution is -2.22. The van der Waals surface area contributed by atoms with Gasteiger partial charge < -0.3 is 5.32 Å². The van der Waals surface area contributed by atoms with Gasteiger partial charge in [-0.3, -0.25) is 0 Å². The Bertz CT molecular complexity index is 647. The Morgan fingerprint density at radius 1 is 1.26 bits per heavy atom. The maximum Gasteiger partial charge on any atom is 0.416 e. The summed E-state index contributed by atoms with van der Waals surface area (Å²) < 4.78 is 61.6. The molecule has 0 aromatic heterocycles. The molecular weight excluding hydrogens is 279 g/mol. The highest BCUT2D eigenvalue weighted by Crippen LogP contribution is 2.39. The van der Waals surface area contributed by atoms with Gasteiger partial charge in [0.2, 0.25) is 9.84 Å². The maximum atomic E-state index is 12.6. The molecule has 0 saturated carbocycles. The van der Waals surface area contributed by atoms with Gasteiger partial charge in [0.05, 0.1) is 10.5 Å². The molecule has 104 valence electrons. The van der Waals surface area contributed by atoms with Crippen LogP contribution in [0.25, 0.3) is 5.57 Å². The number of hydrogen-bond donors (Lipinski definition) is 1. The Morgan fingerprint density at radius 2 is 1.89 bits per heavy atom. The molecule has 0 bridgehead atoms. The van der Waals surface area contributed by atoms with Crippen molar-refractivity contribution >= 4 is 15.4 Å². The van der Waals surface area contributed by atoms with Crippen molar-refractivity contribution < 1.29 is 21.6 Å². The quantitative estimate of drug-likeness (QED) is 0.910. The fourth-order valence-corrected chi connectivity index (χ4v) is 3.53. The molecule has 3 nitrogen and oxygen atoms in total. The van der Waals surface area contributed by atoms with Crippen LogP contribution in [0.3, 0.4) is 0 Å². The average Bonchev–Trinajstić information content (AvgIpc) is 2.59. The van der Waals surface area contributed by atoms with Crippen LogP contribution in [0.5, 0.6) is 0 Å². The molecule has 0 spiro atoms. The fraction of sp³-hybridized carbons (Fsp3) is 0.333. The molecule has 0 radical (unpaired) electrons. The van der Waals surface area contributed by atoms with E-state index in [9.17, 15) is 21.6 Å². The van der Waals surface area contributed by atoms with Crippen molar-refractivity contribution in [2.45, 2.75) is 24.0 Å². The molecule has 1 unspecified atom stereocenters. The number of halogens is 3. The van der Waals surface area contributed by atoms with Gasteiger partial charge in [0.25, 0.3) is 0 Å². The van der Waals surface area contributed by atoms with Gasteiger partial charge in [-0.25, -0.2) is 8.42 Å². The van der Waals surface area contributed by atoms with E-state index >= 15 is 0 Å². The molecule has 7 heteroatoms. The van der Waals surface area contributed by atoms with Crippen LogP contribution in [0, 0.1) is 0 Å². The number of sulfone groups is 1. The van der Waals surface area contributed by atoms with E-state index in [1.54, 1.807) is 14.0 Å². The number of rotatable bonds is 2. The number of nitrogens with one attached hydrogen (secondary N) is 1. The highest BCUT2D eigenvalue weighted by molar-refractivity contribution is 7.95. The topological polar surface area (TPSA) is 46.2 Å². The van der Waals surface area contributed by atoms with E-state index in [0.717, 1.165) is 11.5 Å². The van der Waals surface area contributed by atoms with Gasteiger partial charge in [-0.1, -0.05) is 6.07 Å². The van der Waals surface area contributed by atoms with Crippen molar-refractivity contribution in [1.29, 1.82) is 0 Å². The molecule has 1 aromatic carbocycles. The smallest absolute Gasteiger partial charge is 0.313 e. The van der Waals surface area contributed by atoms with E-state index in [4.69, 9.17) is 0 Å². The largest absolute Gasteiger partial charge is 0.416 e. The summed E-state index contributed by atoms with van der Waals surface area (Å²) >= 11 is 0. The van der Waals surface area contributed by atoms with Crippen LogP contribution in [-0.2, 0) is 16.0 Å². The van der Waals surface area contributed by atoms with Gasteiger partial charge in [-0.2, -0.15) is 13.2 Å². The first-order chi connectivity index (χ1) is 8.66. The van der Waals surface area contributed by atoms with Crippen LogP contribution in [0.4, 0.5) is 13.2 Å². The summed E-state index contributed by atoms with van der Waals surface area (Å²) in [4.78, 5) is -0.278. The standard InChI is InChI=1S/C12H12F3NO2S/c1-7(16-2)10-6-19(17,18)11-5-8(12(13,14)15)3-4-9(10)11/h3-7,16H,1-2H3. The summed E-state index contributed by atoms with van der Waals surface area (Å²) in [6, 6.07) is 2.54. The summed E-state index contributed by atoms with van der Waals surface area (Å²) in [5, 5.41) is 3.90. The predicted molar refractivity (Wildman–Crippen MR) is 65.1 cm³/mol. The van der Waals surface area contributed by atoms with Gasteiger partial charge in [0.15, 0.2) is 0 Å². The lowest BCUT2D eigenvalue weighted by atomic mass is 10.00. The second-order valence-electron chi connectivity index (χ2n) is 4.34. The van der Waals surface area contributed by atoms with Crippen LogP contribution in [0.15, 0.2) is 28.5 Å². The molecule has 1 heterocycles. The first-order valence-corrected chi connectivity index (χ1v) is 7.07.